The van der Waals surface area contributed by atoms with Gasteiger partial charge in [-0.15, -0.1) is 0 Å². The highest BCUT2D eigenvalue weighted by atomic mass is 19.0. The Labute approximate surface area is 23.8 Å². The number of halogens is 1. The maximum absolute atomic E-state index is 8.00. The third-order valence-electron chi connectivity index (χ3n) is 0. The van der Waals surface area contributed by atoms with Gasteiger partial charge in [0.2, 0.25) is 0 Å². The van der Waals surface area contributed by atoms with E-state index in [1.54, 1.807) is 0 Å². The molecule has 0 rings (SSSR count). The monoisotopic (exact) mass is 67.0 g/mol. The van der Waals surface area contributed by atoms with Crippen LogP contribution in [-0.2, 0) is 4.79 Å². The molecule has 0 aliphatic rings. The smallest absolute Gasteiger partial charge is 0.106 e. The van der Waals surface area contributed by atoms with Crippen molar-refractivity contribution in [3.05, 3.63) is 0 Å². The van der Waals surface area contributed by atoms with E-state index in [9.17, 15) is 0 Å². The maximum Gasteiger partial charge on any atom is 0.106 e. The van der Waals surface area contributed by atoms with Crippen LogP contribution < -0.4 is 6.15 Å². The molecule has 0 atom stereocenters. The second-order valence-corrected chi connectivity index (χ2v) is 0. The summed E-state index contributed by atoms with van der Waals surface area (Å²) in [4.78, 5) is 8.00. The second-order valence-electron chi connectivity index (χ2n) is 0. The number of hydrogen-bond acceptors (Lipinski definition) is 2. The summed E-state index contributed by atoms with van der Waals surface area (Å²) in [5.41, 5.74) is 0. The van der Waals surface area contributed by atoms with Gasteiger partial charge in [0, 0.05) is 0 Å². The summed E-state index contributed by atoms with van der Waals surface area (Å²) in [7, 11) is 0. The third-order valence-corrected chi connectivity index (χ3v) is 0. The molecule has 28 valence electrons. The first-order valence-corrected chi connectivity index (χ1v) is 0.289. The second kappa shape index (κ2) is 32.2. The molecule has 0 saturated heterocycles. The van der Waals surface area contributed by atoms with Crippen molar-refractivity contribution >= 4 is 6.79 Å². The molecule has 0 amide bonds. The molecule has 2 nitrogen and oxygen atoms in total. The standard InChI is InChI=1S/CH2O.FH.H3N/c1-2;;/h1H2;1H;1H3. The van der Waals surface area contributed by atoms with Crippen molar-refractivity contribution in [3.8, 4) is 0 Å². The highest BCUT2D eigenvalue weighted by Gasteiger charge is 0.636. The Kier molecular flexibility index (Phi) is 599. The van der Waals surface area contributed by atoms with E-state index in [1.807, 2.05) is 6.79 Å². The Bertz CT molecular complexity index is 8.00. The minimum absolute atomic E-state index is 0. The van der Waals surface area contributed by atoms with Crippen LogP contribution in [0.1, 0.15) is 0 Å². The van der Waals surface area contributed by atoms with Gasteiger partial charge in [0.15, 0.2) is 0 Å². The zero-order valence-corrected chi connectivity index (χ0v) is 2.23. The molecule has 0 fully saturated rings. The molecule has 0 bridgehead atoms. The van der Waals surface area contributed by atoms with Crippen LogP contribution in [0.4, 0.5) is 4.70 Å². The zero-order chi connectivity index (χ0) is 2.00. The lowest BCUT2D eigenvalue weighted by Crippen LogP contribution is -0.925. The van der Waals surface area contributed by atoms with E-state index >= 15 is 0 Å². The van der Waals surface area contributed by atoms with E-state index in [2.05, 4.69) is 0 Å². The fourth-order valence-electron chi connectivity index (χ4n) is 0. The molecule has 0 aromatic carbocycles. The van der Waals surface area contributed by atoms with Gasteiger partial charge in [0.1, 0.15) is 6.79 Å². The number of carbonyl (C=O) groups excluding carboxylic acids is 1. The van der Waals surface area contributed by atoms with Crippen molar-refractivity contribution in [1.29, 1.82) is 0 Å². The van der Waals surface area contributed by atoms with Gasteiger partial charge in [-0.25, -0.2) is 0 Å². The molecule has 0 spiro atoms. The molecule has 4 heavy (non-hydrogen) atoms. The van der Waals surface area contributed by atoms with Crippen molar-refractivity contribution in [2.45, 2.75) is 0 Å². The van der Waals surface area contributed by atoms with Gasteiger partial charge in [-0.3, -0.25) is 4.70 Å². The summed E-state index contributed by atoms with van der Waals surface area (Å²) in [6, 6.07) is 0. The van der Waals surface area contributed by atoms with Crippen LogP contribution in [0.5, 0.6) is 0 Å². The molecule has 0 saturated carbocycles. The van der Waals surface area contributed by atoms with Crippen molar-refractivity contribution in [2.75, 3.05) is 0 Å². The maximum atomic E-state index is 8.00. The Morgan fingerprint density at radius 2 is 1.25 bits per heavy atom. The molecule has 0 unspecified atom stereocenters. The number of carbonyl (C=O) groups is 1. The van der Waals surface area contributed by atoms with E-state index in [1.165, 1.54) is 0 Å². The van der Waals surface area contributed by atoms with Crippen molar-refractivity contribution < 1.29 is 9.50 Å². The van der Waals surface area contributed by atoms with Crippen molar-refractivity contribution in [3.63, 3.8) is 0 Å². The highest BCUT2D eigenvalue weighted by molar-refractivity contribution is 5.10. The van der Waals surface area contributed by atoms with Gasteiger partial charge in [0.25, 0.3) is 0 Å². The molecule has 3 N–H and O–H groups in total. The predicted molar refractivity (Wildman–Crippen MR) is 14.6 cm³/mol. The largest absolute Gasteiger partial charge is 0.344 e. The summed E-state index contributed by atoms with van der Waals surface area (Å²) in [5.74, 6) is 0. The quantitative estimate of drug-likeness (QED) is 0.437. The van der Waals surface area contributed by atoms with Gasteiger partial charge >= 0.3 is 0 Å². The van der Waals surface area contributed by atoms with Crippen LogP contribution in [0.3, 0.4) is 0 Å². The van der Waals surface area contributed by atoms with Crippen LogP contribution in [0, 0.1) is 0 Å². The highest BCUT2D eigenvalue weighted by Crippen LogP contribution is 0.494. The molecule has 0 aliphatic heterocycles. The minimum Gasteiger partial charge on any atom is -0.344 e. The first-order chi connectivity index (χ1) is 1.00. The summed E-state index contributed by atoms with van der Waals surface area (Å²) in [6.07, 6.45) is 0. The van der Waals surface area contributed by atoms with Gasteiger partial charge < -0.3 is 10.9 Å². The lowest BCUT2D eigenvalue weighted by molar-refractivity contribution is -0.0979. The van der Waals surface area contributed by atoms with Crippen LogP contribution in [0.25, 0.3) is 0 Å². The molecular weight excluding hydrogens is 61.0 g/mol. The van der Waals surface area contributed by atoms with Crippen LogP contribution in [-0.4, -0.2) is 6.79 Å². The van der Waals surface area contributed by atoms with E-state index in [4.69, 9.17) is 4.79 Å². The lowest BCUT2D eigenvalue weighted by Gasteiger charge is -0.837. The number of hydrogen-bond donors (Lipinski definition) is 1. The first-order valence-electron chi connectivity index (χ1n) is 0.289. The summed E-state index contributed by atoms with van der Waals surface area (Å²) < 4.78 is 0. The average molecular weight is 67.1 g/mol. The Balaban J connectivity index is -0.00000000500. The van der Waals surface area contributed by atoms with Crippen LogP contribution in [0.2, 0.25) is 0 Å². The minimum atomic E-state index is 0. The number of rotatable bonds is 0. The Morgan fingerprint density at radius 1 is 1.25 bits per heavy atom. The van der Waals surface area contributed by atoms with Gasteiger partial charge in [0.05, 0.1) is 0 Å². The fraction of sp³-hybridized carbons (Fsp3) is 0. The fourth-order valence-corrected chi connectivity index (χ4v) is 0. The summed E-state index contributed by atoms with van der Waals surface area (Å²) in [6.45, 7) is 2.00. The molecule has 0 heterocycles. The summed E-state index contributed by atoms with van der Waals surface area (Å²) in [5, 5.41) is 0. The molecule has 0 radical (unpaired) electrons. The molecule has 0 aromatic rings. The van der Waals surface area contributed by atoms with E-state index < -0.39 is 0 Å². The molecule has 0 aromatic heterocycles. The summed E-state index contributed by atoms with van der Waals surface area (Å²) >= 11 is 0. The molecule has 0 aliphatic carbocycles. The van der Waals surface area contributed by atoms with E-state index in [0.717, 1.165) is 0 Å². The topological polar surface area (TPSA) is 52.1 Å². The lowest BCUT2D eigenvalue weighted by atomic mass is 11.9. The zero-order valence-electron chi connectivity index (χ0n) is 2.23. The first kappa shape index (κ1) is 74.4. The molecular formula is CH6FNO. The Morgan fingerprint density at radius 3 is 1.25 bits per heavy atom. The van der Waals surface area contributed by atoms with Gasteiger partial charge in [-0.1, -0.05) is 0 Å². The third kappa shape index (κ3) is 2.53. The molecule has 3 heteroatoms. The Hall–Kier alpha value is -0.440. The van der Waals surface area contributed by atoms with Crippen molar-refractivity contribution in [1.82, 2.24) is 6.15 Å². The average Bonchev–Trinajstić information content (AvgIpc) is 1.00. The SMILES string of the molecule is C=O.F.N. The van der Waals surface area contributed by atoms with E-state index in [-0.39, 0.29) is 10.9 Å². The normalized spacial score (nSPS) is 1.00. The van der Waals surface area contributed by atoms with Gasteiger partial charge in [-0.2, -0.15) is 0 Å². The van der Waals surface area contributed by atoms with Crippen LogP contribution >= 0.6 is 0 Å². The van der Waals surface area contributed by atoms with Crippen molar-refractivity contribution in [2.24, 2.45) is 0 Å². The predicted octanol–water partition coefficient (Wildman–Crippen LogP) is 0.130. The van der Waals surface area contributed by atoms with E-state index in [0.29, 0.717) is 0 Å². The van der Waals surface area contributed by atoms with Crippen LogP contribution in [0.15, 0.2) is 0 Å². The van der Waals surface area contributed by atoms with Gasteiger partial charge in [-0.05, 0) is 0 Å².